The zero-order valence-electron chi connectivity index (χ0n) is 31.2. The molecule has 3 heterocycles. The molecule has 12 aromatic rings. The van der Waals surface area contributed by atoms with Gasteiger partial charge < -0.3 is 8.83 Å². The second kappa shape index (κ2) is 12.9. The van der Waals surface area contributed by atoms with Crippen LogP contribution in [0.5, 0.6) is 0 Å². The van der Waals surface area contributed by atoms with Gasteiger partial charge in [-0.3, -0.25) is 0 Å². The number of rotatable bonds is 5. The van der Waals surface area contributed by atoms with Gasteiger partial charge in [-0.1, -0.05) is 164 Å². The lowest BCUT2D eigenvalue weighted by atomic mass is 9.88. The number of benzene rings is 9. The van der Waals surface area contributed by atoms with Crippen LogP contribution in [0.15, 0.2) is 203 Å². The number of hydrogen-bond acceptors (Lipinski definition) is 4. The third kappa shape index (κ3) is 5.02. The van der Waals surface area contributed by atoms with E-state index in [4.69, 9.17) is 18.8 Å². The minimum Gasteiger partial charge on any atom is -0.455 e. The lowest BCUT2D eigenvalue weighted by Crippen LogP contribution is -1.99. The Morgan fingerprint density at radius 3 is 1.48 bits per heavy atom. The highest BCUT2D eigenvalue weighted by atomic mass is 16.3. The molecule has 0 unspecified atom stereocenters. The van der Waals surface area contributed by atoms with Crippen molar-refractivity contribution >= 4 is 65.4 Å². The van der Waals surface area contributed by atoms with Crippen molar-refractivity contribution < 1.29 is 8.83 Å². The summed E-state index contributed by atoms with van der Waals surface area (Å²) in [6.07, 6.45) is 0. The van der Waals surface area contributed by atoms with Crippen LogP contribution >= 0.6 is 0 Å². The van der Waals surface area contributed by atoms with E-state index in [0.717, 1.165) is 105 Å². The van der Waals surface area contributed by atoms with Crippen molar-refractivity contribution in [2.24, 2.45) is 0 Å². The quantitative estimate of drug-likeness (QED) is 0.176. The van der Waals surface area contributed by atoms with E-state index < -0.39 is 0 Å². The lowest BCUT2D eigenvalue weighted by molar-refractivity contribution is 0.669. The van der Waals surface area contributed by atoms with Gasteiger partial charge >= 0.3 is 0 Å². The average molecular weight is 741 g/mol. The molecule has 0 aliphatic rings. The van der Waals surface area contributed by atoms with Crippen LogP contribution in [0.25, 0.3) is 122 Å². The first-order valence-corrected chi connectivity index (χ1v) is 19.6. The normalized spacial score (nSPS) is 11.8. The van der Waals surface area contributed by atoms with E-state index in [1.165, 1.54) is 10.8 Å². The molecular formula is C54H32N2O2. The maximum absolute atomic E-state index is 6.64. The minimum absolute atomic E-state index is 0.618. The standard InChI is InChI=1S/C54H32N2O2/c1-2-14-33(15-3-1)36-21-11-23-41-38(36)30-31-42(37-22-10-17-34-16-4-5-18-35(34)37)51(41)54-55-47(45-26-12-24-43-39-19-6-8-28-49(39)57-52(43)45)32-48(56-54)46-27-13-25-44-40-20-7-9-29-50(40)58-53(44)46/h1-32H. The molecule has 0 bridgehead atoms. The van der Waals surface area contributed by atoms with Crippen molar-refractivity contribution in [2.75, 3.05) is 0 Å². The number of fused-ring (bicyclic) bond motifs is 8. The molecule has 4 heteroatoms. The maximum Gasteiger partial charge on any atom is 0.161 e. The predicted molar refractivity (Wildman–Crippen MR) is 239 cm³/mol. The summed E-state index contributed by atoms with van der Waals surface area (Å²) in [4.78, 5) is 11.1. The Hall–Kier alpha value is -7.82. The molecule has 0 spiro atoms. The third-order valence-electron chi connectivity index (χ3n) is 11.5. The van der Waals surface area contributed by atoms with Gasteiger partial charge in [0.1, 0.15) is 22.3 Å². The second-order valence-corrected chi connectivity index (χ2v) is 14.8. The average Bonchev–Trinajstić information content (AvgIpc) is 3.87. The molecule has 0 aliphatic heterocycles. The monoisotopic (exact) mass is 740 g/mol. The summed E-state index contributed by atoms with van der Waals surface area (Å²) in [7, 11) is 0. The summed E-state index contributed by atoms with van der Waals surface area (Å²) in [5.41, 5.74) is 12.0. The smallest absolute Gasteiger partial charge is 0.161 e. The Morgan fingerprint density at radius 2 is 0.810 bits per heavy atom. The molecule has 0 aliphatic carbocycles. The van der Waals surface area contributed by atoms with E-state index in [1.807, 2.05) is 24.3 Å². The largest absolute Gasteiger partial charge is 0.455 e. The van der Waals surface area contributed by atoms with Crippen molar-refractivity contribution in [3.63, 3.8) is 0 Å². The van der Waals surface area contributed by atoms with E-state index in [9.17, 15) is 0 Å². The first-order chi connectivity index (χ1) is 28.8. The highest BCUT2D eigenvalue weighted by Crippen LogP contribution is 2.45. The van der Waals surface area contributed by atoms with Crippen molar-refractivity contribution in [3.05, 3.63) is 194 Å². The molecular weight excluding hydrogens is 709 g/mol. The summed E-state index contributed by atoms with van der Waals surface area (Å²) >= 11 is 0. The van der Waals surface area contributed by atoms with Crippen LogP contribution < -0.4 is 0 Å². The highest BCUT2D eigenvalue weighted by Gasteiger charge is 2.23. The number of aromatic nitrogens is 2. The number of para-hydroxylation sites is 4. The molecule has 58 heavy (non-hydrogen) atoms. The van der Waals surface area contributed by atoms with Crippen LogP contribution in [-0.4, -0.2) is 9.97 Å². The summed E-state index contributed by atoms with van der Waals surface area (Å²) in [6, 6.07) is 67.9. The second-order valence-electron chi connectivity index (χ2n) is 14.8. The minimum atomic E-state index is 0.618. The molecule has 0 saturated carbocycles. The van der Waals surface area contributed by atoms with Gasteiger partial charge in [-0.15, -0.1) is 0 Å². The molecule has 0 saturated heterocycles. The molecule has 0 radical (unpaired) electrons. The van der Waals surface area contributed by atoms with Crippen LogP contribution in [-0.2, 0) is 0 Å². The maximum atomic E-state index is 6.64. The molecule has 12 rings (SSSR count). The fourth-order valence-corrected chi connectivity index (χ4v) is 8.89. The fourth-order valence-electron chi connectivity index (χ4n) is 8.89. The van der Waals surface area contributed by atoms with Crippen molar-refractivity contribution in [3.8, 4) is 56.2 Å². The van der Waals surface area contributed by atoms with Crippen LogP contribution in [0, 0.1) is 0 Å². The van der Waals surface area contributed by atoms with E-state index in [0.29, 0.717) is 5.82 Å². The Labute approximate surface area is 333 Å². The van der Waals surface area contributed by atoms with Crippen LogP contribution in [0.4, 0.5) is 0 Å². The molecule has 4 nitrogen and oxygen atoms in total. The van der Waals surface area contributed by atoms with Gasteiger partial charge in [0.05, 0.1) is 11.4 Å². The summed E-state index contributed by atoms with van der Waals surface area (Å²) < 4.78 is 13.3. The van der Waals surface area contributed by atoms with E-state index >= 15 is 0 Å². The number of hydrogen-bond donors (Lipinski definition) is 0. The Kier molecular flexibility index (Phi) is 7.20. The fraction of sp³-hybridized carbons (Fsp3) is 0. The highest BCUT2D eigenvalue weighted by molar-refractivity contribution is 6.13. The summed E-state index contributed by atoms with van der Waals surface area (Å²) in [5.74, 6) is 0.618. The predicted octanol–water partition coefficient (Wildman–Crippen LogP) is 14.9. The zero-order chi connectivity index (χ0) is 38.2. The van der Waals surface area contributed by atoms with Crippen molar-refractivity contribution in [1.29, 1.82) is 0 Å². The van der Waals surface area contributed by atoms with Crippen LogP contribution in [0.1, 0.15) is 0 Å². The van der Waals surface area contributed by atoms with Crippen molar-refractivity contribution in [1.82, 2.24) is 9.97 Å². The molecule has 9 aromatic carbocycles. The van der Waals surface area contributed by atoms with Gasteiger partial charge in [0.25, 0.3) is 0 Å². The SMILES string of the molecule is c1ccc(-c2cccc3c(-c4nc(-c5cccc6c5oc5ccccc56)cc(-c5cccc6c5oc5ccccc56)n4)c(-c4cccc5ccccc45)ccc23)cc1. The number of furan rings is 2. The molecule has 270 valence electrons. The zero-order valence-corrected chi connectivity index (χ0v) is 31.2. The first-order valence-electron chi connectivity index (χ1n) is 19.6. The molecule has 0 amide bonds. The first kappa shape index (κ1) is 32.4. The van der Waals surface area contributed by atoms with Gasteiger partial charge in [-0.25, -0.2) is 9.97 Å². The van der Waals surface area contributed by atoms with Gasteiger partial charge in [0, 0.05) is 38.2 Å². The summed E-state index contributed by atoms with van der Waals surface area (Å²) in [6.45, 7) is 0. The lowest BCUT2D eigenvalue weighted by Gasteiger charge is -2.18. The Morgan fingerprint density at radius 1 is 0.310 bits per heavy atom. The van der Waals surface area contributed by atoms with E-state index in [1.54, 1.807) is 0 Å². The molecule has 3 aromatic heterocycles. The summed E-state index contributed by atoms with van der Waals surface area (Å²) in [5, 5.41) is 8.77. The topological polar surface area (TPSA) is 52.1 Å². The van der Waals surface area contributed by atoms with Gasteiger partial charge in [0.15, 0.2) is 5.82 Å². The van der Waals surface area contributed by atoms with Gasteiger partial charge in [-0.05, 0) is 74.1 Å². The number of nitrogens with zero attached hydrogens (tertiary/aromatic N) is 2. The van der Waals surface area contributed by atoms with Crippen LogP contribution in [0.2, 0.25) is 0 Å². The van der Waals surface area contributed by atoms with Gasteiger partial charge in [-0.2, -0.15) is 0 Å². The van der Waals surface area contributed by atoms with Crippen LogP contribution in [0.3, 0.4) is 0 Å². The third-order valence-corrected chi connectivity index (χ3v) is 11.5. The van der Waals surface area contributed by atoms with Gasteiger partial charge in [0.2, 0.25) is 0 Å². The molecule has 0 N–H and O–H groups in total. The Bertz CT molecular complexity index is 3440. The molecule has 0 atom stereocenters. The molecule has 0 fully saturated rings. The van der Waals surface area contributed by atoms with E-state index in [2.05, 4.69) is 170 Å². The van der Waals surface area contributed by atoms with E-state index in [-0.39, 0.29) is 0 Å². The van der Waals surface area contributed by atoms with Crippen molar-refractivity contribution in [2.45, 2.75) is 0 Å². The Balaban J connectivity index is 1.21.